The van der Waals surface area contributed by atoms with E-state index >= 15 is 0 Å². The smallest absolute Gasteiger partial charge is 0.256 e. The van der Waals surface area contributed by atoms with Gasteiger partial charge in [-0.15, -0.1) is 11.3 Å². The number of carbonyl (C=O) groups excluding carboxylic acids is 1. The minimum atomic E-state index is -0.183. The van der Waals surface area contributed by atoms with Crippen molar-refractivity contribution in [3.63, 3.8) is 0 Å². The van der Waals surface area contributed by atoms with Crippen molar-refractivity contribution in [1.29, 1.82) is 0 Å². The van der Waals surface area contributed by atoms with E-state index in [2.05, 4.69) is 21.2 Å². The van der Waals surface area contributed by atoms with Crippen molar-refractivity contribution in [3.8, 4) is 22.1 Å². The van der Waals surface area contributed by atoms with Gasteiger partial charge in [-0.05, 0) is 76.6 Å². The summed E-state index contributed by atoms with van der Waals surface area (Å²) in [5, 5.41) is 3.81. The van der Waals surface area contributed by atoms with Crippen molar-refractivity contribution in [2.45, 2.75) is 0 Å². The topological polar surface area (TPSA) is 51.2 Å². The van der Waals surface area contributed by atoms with Gasteiger partial charge in [0.1, 0.15) is 11.5 Å². The molecule has 5 aromatic rings. The molecule has 0 spiro atoms. The van der Waals surface area contributed by atoms with Crippen LogP contribution >= 0.6 is 27.3 Å². The first-order valence-corrected chi connectivity index (χ1v) is 11.6. The molecule has 3 aromatic carbocycles. The van der Waals surface area contributed by atoms with Gasteiger partial charge in [-0.2, -0.15) is 0 Å². The fourth-order valence-corrected chi connectivity index (χ4v) is 4.72. The molecule has 0 unspecified atom stereocenters. The Morgan fingerprint density at radius 3 is 2.31 bits per heavy atom. The van der Waals surface area contributed by atoms with Gasteiger partial charge in [0.2, 0.25) is 0 Å². The van der Waals surface area contributed by atoms with E-state index in [1.165, 1.54) is 0 Å². The number of rotatable bonds is 5. The van der Waals surface area contributed by atoms with Gasteiger partial charge in [0.15, 0.2) is 0 Å². The largest absolute Gasteiger partial charge is 0.457 e. The van der Waals surface area contributed by atoms with E-state index in [0.29, 0.717) is 17.0 Å². The molecule has 0 atom stereocenters. The summed E-state index contributed by atoms with van der Waals surface area (Å²) in [6.45, 7) is 0. The van der Waals surface area contributed by atoms with Gasteiger partial charge >= 0.3 is 0 Å². The molecular formula is C26H17BrN2O2S. The van der Waals surface area contributed by atoms with Crippen LogP contribution in [0.25, 0.3) is 21.5 Å². The molecule has 0 saturated carbocycles. The fourth-order valence-electron chi connectivity index (χ4n) is 3.37. The van der Waals surface area contributed by atoms with Crippen LogP contribution in [0.3, 0.4) is 0 Å². The van der Waals surface area contributed by atoms with E-state index in [-0.39, 0.29) is 5.91 Å². The molecule has 2 heterocycles. The number of nitrogens with zero attached hydrogens (tertiary/aromatic N) is 1. The number of nitrogens with one attached hydrogen (secondary N) is 1. The Morgan fingerprint density at radius 1 is 0.844 bits per heavy atom. The maximum absolute atomic E-state index is 13.2. The van der Waals surface area contributed by atoms with E-state index < -0.39 is 0 Å². The zero-order valence-corrected chi connectivity index (χ0v) is 19.2. The Kier molecular flexibility index (Phi) is 5.71. The third-order valence-electron chi connectivity index (χ3n) is 4.88. The molecule has 32 heavy (non-hydrogen) atoms. The van der Waals surface area contributed by atoms with Gasteiger partial charge in [-0.1, -0.05) is 36.4 Å². The Labute approximate surface area is 197 Å². The van der Waals surface area contributed by atoms with Crippen LogP contribution in [-0.4, -0.2) is 10.9 Å². The number of ether oxygens (including phenoxy) is 1. The number of hydrogen-bond acceptors (Lipinski definition) is 4. The second-order valence-corrected chi connectivity index (χ2v) is 9.53. The Morgan fingerprint density at radius 2 is 1.56 bits per heavy atom. The van der Waals surface area contributed by atoms with Crippen LogP contribution in [-0.2, 0) is 0 Å². The first-order valence-electron chi connectivity index (χ1n) is 9.95. The third-order valence-corrected chi connectivity index (χ3v) is 6.52. The number of amides is 1. The Bertz CT molecular complexity index is 1400. The molecule has 0 saturated heterocycles. The van der Waals surface area contributed by atoms with Crippen LogP contribution in [0.5, 0.6) is 11.5 Å². The van der Waals surface area contributed by atoms with Crippen molar-refractivity contribution in [2.75, 3.05) is 5.32 Å². The molecule has 4 nitrogen and oxygen atoms in total. The lowest BCUT2D eigenvalue weighted by atomic mass is 10.1. The molecular weight excluding hydrogens is 484 g/mol. The van der Waals surface area contributed by atoms with E-state index in [9.17, 15) is 4.79 Å². The second-order valence-electron chi connectivity index (χ2n) is 7.07. The average Bonchev–Trinajstić information content (AvgIpc) is 3.26. The molecule has 0 bridgehead atoms. The molecule has 0 aliphatic heterocycles. The van der Waals surface area contributed by atoms with Gasteiger partial charge in [0.05, 0.1) is 25.4 Å². The lowest BCUT2D eigenvalue weighted by Crippen LogP contribution is -2.13. The van der Waals surface area contributed by atoms with Crippen molar-refractivity contribution >= 4 is 49.8 Å². The first kappa shape index (κ1) is 20.4. The number of pyridine rings is 1. The maximum Gasteiger partial charge on any atom is 0.256 e. The van der Waals surface area contributed by atoms with Gasteiger partial charge < -0.3 is 10.1 Å². The van der Waals surface area contributed by atoms with E-state index in [1.807, 2.05) is 97.1 Å². The number of carbonyl (C=O) groups is 1. The molecule has 5 rings (SSSR count). The minimum absolute atomic E-state index is 0.183. The molecule has 2 aromatic heterocycles. The summed E-state index contributed by atoms with van der Waals surface area (Å²) < 4.78 is 6.84. The molecule has 1 N–H and O–H groups in total. The van der Waals surface area contributed by atoms with Crippen molar-refractivity contribution in [3.05, 3.63) is 106 Å². The lowest BCUT2D eigenvalue weighted by molar-refractivity contribution is 0.102. The quantitative estimate of drug-likeness (QED) is 0.268. The molecule has 0 aliphatic rings. The Balaban J connectivity index is 1.42. The van der Waals surface area contributed by atoms with Crippen molar-refractivity contribution in [2.24, 2.45) is 0 Å². The summed E-state index contributed by atoms with van der Waals surface area (Å²) >= 11 is 5.08. The van der Waals surface area contributed by atoms with Crippen molar-refractivity contribution < 1.29 is 9.53 Å². The highest BCUT2D eigenvalue weighted by Gasteiger charge is 2.15. The molecule has 156 valence electrons. The number of hydrogen-bond donors (Lipinski definition) is 1. The predicted molar refractivity (Wildman–Crippen MR) is 134 cm³/mol. The summed E-state index contributed by atoms with van der Waals surface area (Å²) in [7, 11) is 0. The van der Waals surface area contributed by atoms with Gasteiger partial charge in [-0.25, -0.2) is 4.98 Å². The standard InChI is InChI=1S/C26H17BrN2O2S/c27-25-15-14-24(32-25)23-16-21(20-8-4-5-9-22(20)29-23)26(30)28-17-10-12-19(13-11-17)31-18-6-2-1-3-7-18/h1-16H,(H,28,30). The summed E-state index contributed by atoms with van der Waals surface area (Å²) in [6, 6.07) is 30.4. The summed E-state index contributed by atoms with van der Waals surface area (Å²) in [5.74, 6) is 1.28. The third kappa shape index (κ3) is 4.42. The zero-order valence-electron chi connectivity index (χ0n) is 16.8. The normalized spacial score (nSPS) is 10.8. The van der Waals surface area contributed by atoms with E-state index in [4.69, 9.17) is 9.72 Å². The van der Waals surface area contributed by atoms with Crippen LogP contribution in [0, 0.1) is 0 Å². The monoisotopic (exact) mass is 500 g/mol. The number of halogens is 1. The van der Waals surface area contributed by atoms with Crippen LogP contribution in [0.15, 0.2) is 101 Å². The van der Waals surface area contributed by atoms with E-state index in [0.717, 1.165) is 31.0 Å². The van der Waals surface area contributed by atoms with Crippen LogP contribution < -0.4 is 10.1 Å². The number of anilines is 1. The van der Waals surface area contributed by atoms with Crippen molar-refractivity contribution in [1.82, 2.24) is 4.98 Å². The highest BCUT2D eigenvalue weighted by molar-refractivity contribution is 9.11. The molecule has 1 amide bonds. The number of aromatic nitrogens is 1. The number of thiophene rings is 1. The fraction of sp³-hybridized carbons (Fsp3) is 0. The second kappa shape index (κ2) is 8.94. The van der Waals surface area contributed by atoms with Gasteiger partial charge in [-0.3, -0.25) is 4.79 Å². The first-order chi connectivity index (χ1) is 15.7. The van der Waals surface area contributed by atoms with Crippen LogP contribution in [0.2, 0.25) is 0 Å². The highest BCUT2D eigenvalue weighted by atomic mass is 79.9. The summed E-state index contributed by atoms with van der Waals surface area (Å²) in [6.07, 6.45) is 0. The molecule has 6 heteroatoms. The van der Waals surface area contributed by atoms with Crippen LogP contribution in [0.1, 0.15) is 10.4 Å². The lowest BCUT2D eigenvalue weighted by Gasteiger charge is -2.11. The summed E-state index contributed by atoms with van der Waals surface area (Å²) in [4.78, 5) is 19.0. The molecule has 0 aliphatic carbocycles. The molecule has 0 radical (unpaired) electrons. The number of fused-ring (bicyclic) bond motifs is 1. The minimum Gasteiger partial charge on any atom is -0.457 e. The van der Waals surface area contributed by atoms with Crippen LogP contribution in [0.4, 0.5) is 5.69 Å². The summed E-state index contributed by atoms with van der Waals surface area (Å²) in [5.41, 5.74) is 2.83. The van der Waals surface area contributed by atoms with E-state index in [1.54, 1.807) is 11.3 Å². The Hall–Kier alpha value is -3.48. The average molecular weight is 501 g/mol. The molecule has 0 fully saturated rings. The SMILES string of the molecule is O=C(Nc1ccc(Oc2ccccc2)cc1)c1cc(-c2ccc(Br)s2)nc2ccccc12. The number of benzene rings is 3. The predicted octanol–water partition coefficient (Wildman–Crippen LogP) is 7.77. The zero-order chi connectivity index (χ0) is 21.9. The number of para-hydroxylation sites is 2. The maximum atomic E-state index is 13.2. The highest BCUT2D eigenvalue weighted by Crippen LogP contribution is 2.33. The van der Waals surface area contributed by atoms with Gasteiger partial charge in [0.25, 0.3) is 5.91 Å². The van der Waals surface area contributed by atoms with Gasteiger partial charge in [0, 0.05) is 11.1 Å².